The number of aromatic amines is 1. The lowest BCUT2D eigenvalue weighted by Gasteiger charge is -2.30. The predicted octanol–water partition coefficient (Wildman–Crippen LogP) is 1.84. The summed E-state index contributed by atoms with van der Waals surface area (Å²) in [5, 5.41) is 29.7. The maximum absolute atomic E-state index is 13.5. The highest BCUT2D eigenvalue weighted by molar-refractivity contribution is 7.71. The van der Waals surface area contributed by atoms with Gasteiger partial charge in [-0.2, -0.15) is 9.28 Å². The van der Waals surface area contributed by atoms with Gasteiger partial charge in [0.05, 0.1) is 0 Å². The van der Waals surface area contributed by atoms with E-state index in [9.17, 15) is 24.3 Å². The molecule has 1 aliphatic rings. The topological polar surface area (TPSA) is 156 Å². The summed E-state index contributed by atoms with van der Waals surface area (Å²) in [4.78, 5) is 27.9. The van der Waals surface area contributed by atoms with Crippen LogP contribution in [0.4, 0.5) is 4.39 Å². The third-order valence-electron chi connectivity index (χ3n) is 4.48. The Bertz CT molecular complexity index is 1090. The zero-order chi connectivity index (χ0) is 23.0. The molecule has 1 aliphatic heterocycles. The molecule has 0 radical (unpaired) electrons. The average Bonchev–Trinajstić information content (AvgIpc) is 2.66. The number of nitrogens with zero attached hydrogens (tertiary/aromatic N) is 1. The van der Waals surface area contributed by atoms with E-state index in [1.807, 2.05) is 6.92 Å². The van der Waals surface area contributed by atoms with Crippen molar-refractivity contribution in [3.63, 3.8) is 0 Å². The number of halogens is 1. The summed E-state index contributed by atoms with van der Waals surface area (Å²) in [6.07, 6.45) is -1.44. The highest BCUT2D eigenvalue weighted by Gasteiger charge is 2.59. The van der Waals surface area contributed by atoms with E-state index in [0.29, 0.717) is 11.1 Å². The Hall–Kier alpha value is -1.80. The zero-order valence-electron chi connectivity index (χ0n) is 16.4. The second kappa shape index (κ2) is 8.98. The fourth-order valence-corrected chi connectivity index (χ4v) is 4.69. The molecule has 14 heteroatoms. The van der Waals surface area contributed by atoms with E-state index < -0.39 is 38.0 Å². The number of H-pyrrole nitrogens is 1. The summed E-state index contributed by atoms with van der Waals surface area (Å²) < 4.78 is 29.9. The van der Waals surface area contributed by atoms with Gasteiger partial charge >= 0.3 is 14.1 Å². The van der Waals surface area contributed by atoms with Gasteiger partial charge in [0.2, 0.25) is 5.82 Å². The predicted molar refractivity (Wildman–Crippen MR) is 107 cm³/mol. The fraction of sp³-hybridized carbons (Fsp3) is 0.412. The van der Waals surface area contributed by atoms with Crippen LogP contribution in [0.1, 0.15) is 23.1 Å². The van der Waals surface area contributed by atoms with Gasteiger partial charge in [-0.25, -0.2) is 4.89 Å². The van der Waals surface area contributed by atoms with Crippen LogP contribution in [0, 0.1) is 24.4 Å². The van der Waals surface area contributed by atoms with Crippen LogP contribution in [-0.2, 0) is 27.1 Å². The third-order valence-corrected chi connectivity index (χ3v) is 6.19. The highest BCUT2D eigenvalue weighted by atomic mass is 32.1. The minimum atomic E-state index is -4.27. The molecule has 0 fully saturated rings. The summed E-state index contributed by atoms with van der Waals surface area (Å²) in [6, 6.07) is 3.58. The van der Waals surface area contributed by atoms with Crippen LogP contribution in [0.5, 0.6) is 5.75 Å². The van der Waals surface area contributed by atoms with Crippen molar-refractivity contribution in [3.8, 4) is 5.75 Å². The minimum absolute atomic E-state index is 0.116. The van der Waals surface area contributed by atoms with E-state index in [1.54, 1.807) is 19.1 Å². The SMILES string of the molecule is Cc1cc(C)c2c(c1)CO[P+](O)(OC(O)(O)C(CCn1cc(F)c(=O)[nH]c1=S)OO)O2. The van der Waals surface area contributed by atoms with Gasteiger partial charge in [-0.15, -0.1) is 4.52 Å². The van der Waals surface area contributed by atoms with Crippen LogP contribution in [0.2, 0.25) is 0 Å². The van der Waals surface area contributed by atoms with Crippen LogP contribution >= 0.6 is 20.4 Å². The summed E-state index contributed by atoms with van der Waals surface area (Å²) in [6.45, 7) is 3.27. The summed E-state index contributed by atoms with van der Waals surface area (Å²) in [5.74, 6) is -4.10. The smallest absolute Gasteiger partial charge is 0.339 e. The van der Waals surface area contributed by atoms with Crippen LogP contribution in [-0.4, -0.2) is 42.0 Å². The Labute approximate surface area is 180 Å². The number of aryl methyl sites for hydroxylation is 3. The first-order chi connectivity index (χ1) is 14.4. The number of aromatic nitrogens is 2. The van der Waals surface area contributed by atoms with Crippen molar-refractivity contribution in [3.05, 3.63) is 56.0 Å². The molecule has 0 spiro atoms. The van der Waals surface area contributed by atoms with Gasteiger partial charge in [0.15, 0.2) is 16.6 Å². The standard InChI is InChI=1S/C17H20FN2O9PS/c1-9-5-10(2)14-11(6-9)8-26-30(25,28-14)29-17(22,23)13(27-24)3-4-20-7-12(18)15(21)19-16(20)31/h5-7,13,22-23,25H,3-4,8H2,1-2H3,(H-,19,21,24,31)/p+1. The van der Waals surface area contributed by atoms with Gasteiger partial charge in [0.25, 0.3) is 5.56 Å². The molecular weight excluding hydrogens is 458 g/mol. The second-order valence-electron chi connectivity index (χ2n) is 6.97. The molecule has 0 aliphatic carbocycles. The molecular formula is C17H21FN2O9PS+. The van der Waals surface area contributed by atoms with Crippen molar-refractivity contribution in [2.45, 2.75) is 45.5 Å². The lowest BCUT2D eigenvalue weighted by atomic mass is 10.1. The average molecular weight is 479 g/mol. The summed E-state index contributed by atoms with van der Waals surface area (Å²) in [5.41, 5.74) is 1.24. The Morgan fingerprint density at radius 2 is 2.13 bits per heavy atom. The number of benzene rings is 1. The largest absolute Gasteiger partial charge is 0.625 e. The fourth-order valence-electron chi connectivity index (χ4n) is 3.06. The Kier molecular flexibility index (Phi) is 6.91. The molecule has 0 amide bonds. The van der Waals surface area contributed by atoms with Crippen molar-refractivity contribution in [1.29, 1.82) is 0 Å². The quantitative estimate of drug-likeness (QED) is 0.131. The molecule has 2 heterocycles. The van der Waals surface area contributed by atoms with Crippen molar-refractivity contribution in [2.75, 3.05) is 0 Å². The number of aliphatic hydroxyl groups is 2. The Morgan fingerprint density at radius 3 is 2.81 bits per heavy atom. The van der Waals surface area contributed by atoms with E-state index in [2.05, 4.69) is 9.87 Å². The van der Waals surface area contributed by atoms with Gasteiger partial charge in [-0.3, -0.25) is 19.6 Å². The maximum atomic E-state index is 13.5. The monoisotopic (exact) mass is 479 g/mol. The number of rotatable bonds is 7. The number of hydrogen-bond acceptors (Lipinski definition) is 10. The molecule has 2 atom stereocenters. The van der Waals surface area contributed by atoms with Crippen LogP contribution in [0.15, 0.2) is 23.1 Å². The molecule has 1 aromatic carbocycles. The maximum Gasteiger partial charge on any atom is 0.625 e. The number of hydrogen-bond donors (Lipinski definition) is 5. The first-order valence-electron chi connectivity index (χ1n) is 8.95. The summed E-state index contributed by atoms with van der Waals surface area (Å²) >= 11 is 4.89. The molecule has 5 N–H and O–H groups in total. The molecule has 0 saturated heterocycles. The Morgan fingerprint density at radius 1 is 1.42 bits per heavy atom. The van der Waals surface area contributed by atoms with E-state index >= 15 is 0 Å². The van der Waals surface area contributed by atoms with Gasteiger partial charge < -0.3 is 14.8 Å². The van der Waals surface area contributed by atoms with Gasteiger partial charge in [-0.1, -0.05) is 16.2 Å². The zero-order valence-corrected chi connectivity index (χ0v) is 18.2. The summed E-state index contributed by atoms with van der Waals surface area (Å²) in [7, 11) is -4.27. The minimum Gasteiger partial charge on any atom is -0.339 e. The molecule has 2 aromatic rings. The van der Waals surface area contributed by atoms with E-state index in [0.717, 1.165) is 16.3 Å². The van der Waals surface area contributed by atoms with Crippen LogP contribution in [0.25, 0.3) is 0 Å². The van der Waals surface area contributed by atoms with Gasteiger partial charge in [0.1, 0.15) is 6.61 Å². The number of nitrogens with one attached hydrogen (secondary N) is 1. The van der Waals surface area contributed by atoms with Gasteiger partial charge in [0, 0.05) is 24.7 Å². The first-order valence-corrected chi connectivity index (χ1v) is 10.9. The van der Waals surface area contributed by atoms with E-state index in [1.165, 1.54) is 0 Å². The molecule has 170 valence electrons. The molecule has 2 unspecified atom stereocenters. The van der Waals surface area contributed by atoms with Crippen LogP contribution < -0.4 is 10.1 Å². The van der Waals surface area contributed by atoms with Gasteiger partial charge in [-0.05, 0) is 37.7 Å². The molecule has 3 rings (SSSR count). The normalized spacial score (nSPS) is 19.6. The van der Waals surface area contributed by atoms with Crippen molar-refractivity contribution < 1.29 is 43.2 Å². The van der Waals surface area contributed by atoms with Crippen molar-refractivity contribution >= 4 is 20.4 Å². The van der Waals surface area contributed by atoms with E-state index in [-0.39, 0.29) is 23.7 Å². The lowest BCUT2D eigenvalue weighted by Crippen LogP contribution is -2.47. The number of fused-ring (bicyclic) bond motifs is 1. The molecule has 0 bridgehead atoms. The lowest BCUT2D eigenvalue weighted by molar-refractivity contribution is -0.415. The van der Waals surface area contributed by atoms with Crippen molar-refractivity contribution in [1.82, 2.24) is 9.55 Å². The molecule has 0 saturated carbocycles. The Balaban J connectivity index is 1.74. The first kappa shape index (κ1) is 23.9. The van der Waals surface area contributed by atoms with Crippen molar-refractivity contribution in [2.24, 2.45) is 0 Å². The molecule has 31 heavy (non-hydrogen) atoms. The third kappa shape index (κ3) is 5.34. The molecule has 1 aromatic heterocycles. The highest BCUT2D eigenvalue weighted by Crippen LogP contribution is 2.64. The van der Waals surface area contributed by atoms with E-state index in [4.69, 9.17) is 31.0 Å². The van der Waals surface area contributed by atoms with Crippen LogP contribution in [0.3, 0.4) is 0 Å². The molecule has 11 nitrogen and oxygen atoms in total. The second-order valence-corrected chi connectivity index (χ2v) is 8.91.